The van der Waals surface area contributed by atoms with E-state index in [9.17, 15) is 9.59 Å². The Bertz CT molecular complexity index is 910. The van der Waals surface area contributed by atoms with Crippen LogP contribution in [0.25, 0.3) is 10.6 Å². The maximum Gasteiger partial charge on any atom is 0.358 e. The molecule has 0 aliphatic carbocycles. The van der Waals surface area contributed by atoms with Crippen molar-refractivity contribution >= 4 is 23.2 Å². The van der Waals surface area contributed by atoms with Crippen LogP contribution >= 0.6 is 11.3 Å². The topological polar surface area (TPSA) is 68.3 Å². The summed E-state index contributed by atoms with van der Waals surface area (Å²) in [5.74, 6) is -0.922. The first-order chi connectivity index (χ1) is 13.7. The van der Waals surface area contributed by atoms with Gasteiger partial charge < -0.3 is 10.1 Å². The summed E-state index contributed by atoms with van der Waals surface area (Å²) in [7, 11) is 0. The molecule has 1 aromatic heterocycles. The third-order valence-electron chi connectivity index (χ3n) is 4.18. The molecule has 0 fully saturated rings. The lowest BCUT2D eigenvalue weighted by Crippen LogP contribution is -2.32. The molecule has 1 N–H and O–H groups in total. The van der Waals surface area contributed by atoms with Gasteiger partial charge in [0.25, 0.3) is 5.91 Å². The van der Waals surface area contributed by atoms with E-state index in [4.69, 9.17) is 4.74 Å². The van der Waals surface area contributed by atoms with Crippen LogP contribution in [0, 0.1) is 0 Å². The fourth-order valence-electron chi connectivity index (χ4n) is 2.82. The van der Waals surface area contributed by atoms with Crippen LogP contribution in [0.3, 0.4) is 0 Å². The van der Waals surface area contributed by atoms with Gasteiger partial charge in [0.15, 0.2) is 12.3 Å². The van der Waals surface area contributed by atoms with Gasteiger partial charge in [0.05, 0.1) is 6.04 Å². The Morgan fingerprint density at radius 1 is 1.07 bits per heavy atom. The van der Waals surface area contributed by atoms with E-state index >= 15 is 0 Å². The Morgan fingerprint density at radius 2 is 1.75 bits per heavy atom. The molecule has 0 saturated carbocycles. The van der Waals surface area contributed by atoms with Crippen LogP contribution in [0.4, 0.5) is 0 Å². The summed E-state index contributed by atoms with van der Waals surface area (Å²) in [6.45, 7) is 1.73. The van der Waals surface area contributed by atoms with Crippen molar-refractivity contribution in [1.82, 2.24) is 10.3 Å². The molecule has 28 heavy (non-hydrogen) atoms. The molecule has 3 rings (SSSR count). The minimum atomic E-state index is -0.597. The minimum Gasteiger partial charge on any atom is -0.451 e. The quantitative estimate of drug-likeness (QED) is 0.566. The van der Waals surface area contributed by atoms with Gasteiger partial charge in [0.1, 0.15) is 5.01 Å². The van der Waals surface area contributed by atoms with Crippen molar-refractivity contribution in [3.05, 3.63) is 77.3 Å². The van der Waals surface area contributed by atoms with Gasteiger partial charge in [-0.25, -0.2) is 9.78 Å². The number of carbonyl (C=O) groups is 2. The third-order valence-corrected chi connectivity index (χ3v) is 5.07. The molecule has 1 amide bonds. The molecule has 0 unspecified atom stereocenters. The number of esters is 1. The largest absolute Gasteiger partial charge is 0.451 e. The van der Waals surface area contributed by atoms with E-state index in [1.54, 1.807) is 5.38 Å². The Labute approximate surface area is 168 Å². The SMILES string of the molecule is CCC[C@H](NC(=O)COC(=O)c1csc(-c2ccccc2)n1)c1ccccc1. The van der Waals surface area contributed by atoms with Crippen molar-refractivity contribution in [2.45, 2.75) is 25.8 Å². The van der Waals surface area contributed by atoms with E-state index in [0.717, 1.165) is 29.0 Å². The van der Waals surface area contributed by atoms with E-state index in [1.807, 2.05) is 60.7 Å². The number of rotatable bonds is 8. The second-order valence-electron chi connectivity index (χ2n) is 6.30. The Hall–Kier alpha value is -2.99. The fraction of sp³-hybridized carbons (Fsp3) is 0.227. The van der Waals surface area contributed by atoms with Crippen LogP contribution in [0.5, 0.6) is 0 Å². The molecule has 0 saturated heterocycles. The molecule has 0 aliphatic rings. The summed E-state index contributed by atoms with van der Waals surface area (Å²) >= 11 is 1.37. The van der Waals surface area contributed by atoms with Crippen LogP contribution in [0.15, 0.2) is 66.0 Å². The molecular weight excluding hydrogens is 372 g/mol. The van der Waals surface area contributed by atoms with E-state index in [0.29, 0.717) is 0 Å². The third kappa shape index (κ3) is 5.27. The number of hydrogen-bond donors (Lipinski definition) is 1. The fourth-order valence-corrected chi connectivity index (χ4v) is 3.61. The molecule has 144 valence electrons. The van der Waals surface area contributed by atoms with E-state index < -0.39 is 5.97 Å². The molecule has 1 heterocycles. The van der Waals surface area contributed by atoms with Gasteiger partial charge in [-0.1, -0.05) is 74.0 Å². The highest BCUT2D eigenvalue weighted by molar-refractivity contribution is 7.13. The van der Waals surface area contributed by atoms with Gasteiger partial charge in [-0.2, -0.15) is 0 Å². The molecule has 0 spiro atoms. The van der Waals surface area contributed by atoms with Crippen molar-refractivity contribution in [1.29, 1.82) is 0 Å². The van der Waals surface area contributed by atoms with Crippen molar-refractivity contribution in [3.63, 3.8) is 0 Å². The van der Waals surface area contributed by atoms with Crippen LogP contribution in [-0.2, 0) is 9.53 Å². The number of aromatic nitrogens is 1. The highest BCUT2D eigenvalue weighted by atomic mass is 32.1. The molecule has 0 aliphatic heterocycles. The van der Waals surface area contributed by atoms with Gasteiger partial charge in [0.2, 0.25) is 0 Å². The number of amides is 1. The first kappa shape index (κ1) is 19.8. The number of hydrogen-bond acceptors (Lipinski definition) is 5. The molecule has 0 bridgehead atoms. The van der Waals surface area contributed by atoms with Gasteiger partial charge in [-0.05, 0) is 12.0 Å². The molecule has 0 radical (unpaired) electrons. The van der Waals surface area contributed by atoms with Gasteiger partial charge in [0, 0.05) is 10.9 Å². The summed E-state index contributed by atoms with van der Waals surface area (Å²) < 4.78 is 5.15. The first-order valence-electron chi connectivity index (χ1n) is 9.19. The number of benzene rings is 2. The number of nitrogens with one attached hydrogen (secondary N) is 1. The summed E-state index contributed by atoms with van der Waals surface area (Å²) in [4.78, 5) is 28.8. The van der Waals surface area contributed by atoms with E-state index in [1.165, 1.54) is 11.3 Å². The average molecular weight is 394 g/mol. The van der Waals surface area contributed by atoms with Gasteiger partial charge in [-0.15, -0.1) is 11.3 Å². The predicted molar refractivity (Wildman–Crippen MR) is 110 cm³/mol. The van der Waals surface area contributed by atoms with Crippen molar-refractivity contribution in [3.8, 4) is 10.6 Å². The van der Waals surface area contributed by atoms with Crippen molar-refractivity contribution in [2.24, 2.45) is 0 Å². The van der Waals surface area contributed by atoms with Crippen LogP contribution in [-0.4, -0.2) is 23.5 Å². The summed E-state index contributed by atoms with van der Waals surface area (Å²) in [5.41, 5.74) is 2.19. The summed E-state index contributed by atoms with van der Waals surface area (Å²) in [6.07, 6.45) is 1.75. The number of carbonyl (C=O) groups excluding carboxylic acids is 2. The number of thiazole rings is 1. The Morgan fingerprint density at radius 3 is 2.43 bits per heavy atom. The van der Waals surface area contributed by atoms with E-state index in [2.05, 4.69) is 17.2 Å². The smallest absolute Gasteiger partial charge is 0.358 e. The zero-order chi connectivity index (χ0) is 19.8. The Kier molecular flexibility index (Phi) is 6.92. The summed E-state index contributed by atoms with van der Waals surface area (Å²) in [6, 6.07) is 19.3. The molecule has 2 aromatic carbocycles. The number of nitrogens with zero attached hydrogens (tertiary/aromatic N) is 1. The predicted octanol–water partition coefficient (Wildman–Crippen LogP) is 4.62. The minimum absolute atomic E-state index is 0.0960. The molecule has 6 heteroatoms. The Balaban J connectivity index is 1.55. The van der Waals surface area contributed by atoms with Crippen LogP contribution in [0.2, 0.25) is 0 Å². The maximum absolute atomic E-state index is 12.3. The van der Waals surface area contributed by atoms with E-state index in [-0.39, 0.29) is 24.2 Å². The normalized spacial score (nSPS) is 11.6. The van der Waals surface area contributed by atoms with Crippen LogP contribution < -0.4 is 5.32 Å². The lowest BCUT2D eigenvalue weighted by molar-refractivity contribution is -0.125. The highest BCUT2D eigenvalue weighted by Crippen LogP contribution is 2.23. The van der Waals surface area contributed by atoms with Crippen molar-refractivity contribution < 1.29 is 14.3 Å². The zero-order valence-electron chi connectivity index (χ0n) is 15.6. The monoisotopic (exact) mass is 394 g/mol. The lowest BCUT2D eigenvalue weighted by Gasteiger charge is -2.18. The van der Waals surface area contributed by atoms with Gasteiger partial charge in [-0.3, -0.25) is 4.79 Å². The highest BCUT2D eigenvalue weighted by Gasteiger charge is 2.17. The number of ether oxygens (including phenoxy) is 1. The van der Waals surface area contributed by atoms with Crippen molar-refractivity contribution in [2.75, 3.05) is 6.61 Å². The molecule has 5 nitrogen and oxygen atoms in total. The second-order valence-corrected chi connectivity index (χ2v) is 7.16. The van der Waals surface area contributed by atoms with Crippen LogP contribution in [0.1, 0.15) is 41.9 Å². The lowest BCUT2D eigenvalue weighted by atomic mass is 10.0. The maximum atomic E-state index is 12.3. The first-order valence-corrected chi connectivity index (χ1v) is 10.1. The molecule has 1 atom stereocenters. The standard InChI is InChI=1S/C22H22N2O3S/c1-2-9-18(16-10-5-3-6-11-16)23-20(25)14-27-22(26)19-15-28-21(24-19)17-12-7-4-8-13-17/h3-8,10-13,15,18H,2,9,14H2,1H3,(H,23,25)/t18-/m0/s1. The second kappa shape index (κ2) is 9.80. The zero-order valence-corrected chi connectivity index (χ0v) is 16.4. The molecule has 3 aromatic rings. The average Bonchev–Trinajstić information content (AvgIpc) is 3.23. The van der Waals surface area contributed by atoms with Gasteiger partial charge >= 0.3 is 5.97 Å². The summed E-state index contributed by atoms with van der Waals surface area (Å²) in [5, 5.41) is 5.32. The molecular formula is C22H22N2O3S.